The molecule has 3 heteroatoms. The van der Waals surface area contributed by atoms with Gasteiger partial charge in [0.2, 0.25) is 5.82 Å². The van der Waals surface area contributed by atoms with Gasteiger partial charge in [-0.3, -0.25) is 0 Å². The second kappa shape index (κ2) is 3.44. The van der Waals surface area contributed by atoms with Crippen LogP contribution >= 0.6 is 0 Å². The van der Waals surface area contributed by atoms with E-state index in [1.807, 2.05) is 10.8 Å². The van der Waals surface area contributed by atoms with Gasteiger partial charge >= 0.3 is 0 Å². The highest BCUT2D eigenvalue weighted by atomic mass is 15.1. The van der Waals surface area contributed by atoms with Gasteiger partial charge in [-0.25, -0.2) is 4.98 Å². The lowest BCUT2D eigenvalue weighted by atomic mass is 10.0. The fourth-order valence-electron chi connectivity index (χ4n) is 1.69. The lowest BCUT2D eigenvalue weighted by Gasteiger charge is -2.18. The summed E-state index contributed by atoms with van der Waals surface area (Å²) in [4.78, 5) is 3.98. The molecule has 0 aliphatic heterocycles. The molecule has 0 aromatic carbocycles. The van der Waals surface area contributed by atoms with Gasteiger partial charge in [0, 0.05) is 12.4 Å². The summed E-state index contributed by atoms with van der Waals surface area (Å²) in [5, 5.41) is 8.78. The predicted molar refractivity (Wildman–Crippen MR) is 49.0 cm³/mol. The molecule has 0 fully saturated rings. The van der Waals surface area contributed by atoms with E-state index in [0.717, 1.165) is 12.8 Å². The molecule has 1 heterocycles. The van der Waals surface area contributed by atoms with E-state index in [1.165, 1.54) is 6.42 Å². The highest BCUT2D eigenvalue weighted by Crippen LogP contribution is 2.22. The van der Waals surface area contributed by atoms with Crippen LogP contribution in [-0.2, 0) is 0 Å². The average Bonchev–Trinajstić information content (AvgIpc) is 2.67. The van der Waals surface area contributed by atoms with Crippen LogP contribution in [0.4, 0.5) is 0 Å². The monoisotopic (exact) mass is 173 g/mol. The molecular formula is C10H11N3. The first-order valence-corrected chi connectivity index (χ1v) is 4.51. The van der Waals surface area contributed by atoms with Crippen molar-refractivity contribution in [3.63, 3.8) is 0 Å². The van der Waals surface area contributed by atoms with Gasteiger partial charge in [0.05, 0.1) is 6.04 Å². The summed E-state index contributed by atoms with van der Waals surface area (Å²) in [5.41, 5.74) is 0. The van der Waals surface area contributed by atoms with Gasteiger partial charge in [-0.15, -0.1) is 0 Å². The van der Waals surface area contributed by atoms with E-state index in [-0.39, 0.29) is 0 Å². The molecule has 1 aliphatic carbocycles. The van der Waals surface area contributed by atoms with E-state index in [4.69, 9.17) is 5.26 Å². The van der Waals surface area contributed by atoms with Crippen molar-refractivity contribution >= 4 is 0 Å². The van der Waals surface area contributed by atoms with Crippen molar-refractivity contribution in [1.29, 1.82) is 5.26 Å². The van der Waals surface area contributed by atoms with E-state index in [9.17, 15) is 0 Å². The Labute approximate surface area is 77.3 Å². The Kier molecular flexibility index (Phi) is 2.13. The summed E-state index contributed by atoms with van der Waals surface area (Å²) in [6, 6.07) is 2.43. The van der Waals surface area contributed by atoms with Crippen LogP contribution in [0.3, 0.4) is 0 Å². The number of nitrogens with zero attached hydrogens (tertiary/aromatic N) is 3. The third kappa shape index (κ3) is 1.48. The molecule has 1 atom stereocenters. The van der Waals surface area contributed by atoms with Crippen LogP contribution in [0.15, 0.2) is 24.5 Å². The molecule has 0 bridgehead atoms. The fourth-order valence-corrected chi connectivity index (χ4v) is 1.69. The smallest absolute Gasteiger partial charge is 0.213 e. The minimum atomic E-state index is 0.339. The van der Waals surface area contributed by atoms with Crippen LogP contribution < -0.4 is 0 Å². The predicted octanol–water partition coefficient (Wildman–Crippen LogP) is 2.04. The molecule has 1 aromatic rings. The molecule has 1 aromatic heterocycles. The zero-order valence-corrected chi connectivity index (χ0v) is 7.35. The molecule has 3 nitrogen and oxygen atoms in total. The number of aromatic nitrogens is 2. The summed E-state index contributed by atoms with van der Waals surface area (Å²) in [5.74, 6) is 0.511. The zero-order valence-electron chi connectivity index (χ0n) is 7.35. The van der Waals surface area contributed by atoms with Gasteiger partial charge in [-0.05, 0) is 19.3 Å². The quantitative estimate of drug-likeness (QED) is 0.610. The van der Waals surface area contributed by atoms with Crippen molar-refractivity contribution in [3.8, 4) is 6.07 Å². The minimum absolute atomic E-state index is 0.339. The maximum Gasteiger partial charge on any atom is 0.213 e. The number of imidazole rings is 1. The fraction of sp³-hybridized carbons (Fsp3) is 0.400. The summed E-state index contributed by atoms with van der Waals surface area (Å²) in [6.07, 6.45) is 11.4. The maximum absolute atomic E-state index is 8.78. The Morgan fingerprint density at radius 1 is 1.62 bits per heavy atom. The minimum Gasteiger partial charge on any atom is -0.316 e. The highest BCUT2D eigenvalue weighted by molar-refractivity contribution is 5.15. The first-order chi connectivity index (χ1) is 6.42. The van der Waals surface area contributed by atoms with Crippen molar-refractivity contribution < 1.29 is 0 Å². The van der Waals surface area contributed by atoms with Crippen LogP contribution in [0.1, 0.15) is 31.1 Å². The Bertz CT molecular complexity index is 356. The molecule has 0 saturated carbocycles. The van der Waals surface area contributed by atoms with Gasteiger partial charge in [0.25, 0.3) is 0 Å². The Morgan fingerprint density at radius 2 is 2.54 bits per heavy atom. The van der Waals surface area contributed by atoms with Gasteiger partial charge in [0.15, 0.2) is 0 Å². The summed E-state index contributed by atoms with van der Waals surface area (Å²) >= 11 is 0. The number of hydrogen-bond donors (Lipinski definition) is 0. The third-order valence-electron chi connectivity index (χ3n) is 2.35. The van der Waals surface area contributed by atoms with Crippen molar-refractivity contribution in [2.75, 3.05) is 0 Å². The molecule has 0 amide bonds. The van der Waals surface area contributed by atoms with E-state index >= 15 is 0 Å². The van der Waals surface area contributed by atoms with Gasteiger partial charge < -0.3 is 4.57 Å². The number of hydrogen-bond acceptors (Lipinski definition) is 2. The number of nitriles is 1. The maximum atomic E-state index is 8.78. The summed E-state index contributed by atoms with van der Waals surface area (Å²) in [6.45, 7) is 0. The zero-order chi connectivity index (χ0) is 9.10. The normalized spacial score (nSPS) is 21.3. The second-order valence-corrected chi connectivity index (χ2v) is 3.20. The van der Waals surface area contributed by atoms with E-state index < -0.39 is 0 Å². The van der Waals surface area contributed by atoms with Crippen molar-refractivity contribution in [1.82, 2.24) is 9.55 Å². The first-order valence-electron chi connectivity index (χ1n) is 4.51. The number of rotatable bonds is 1. The molecule has 0 N–H and O–H groups in total. The van der Waals surface area contributed by atoms with Gasteiger partial charge in [-0.1, -0.05) is 12.2 Å². The molecule has 0 radical (unpaired) electrons. The lowest BCUT2D eigenvalue weighted by molar-refractivity contribution is 0.513. The Hall–Kier alpha value is -1.56. The summed E-state index contributed by atoms with van der Waals surface area (Å²) in [7, 11) is 0. The van der Waals surface area contributed by atoms with Crippen LogP contribution in [0, 0.1) is 11.3 Å². The molecule has 0 spiro atoms. The number of allylic oxidation sites excluding steroid dienone is 2. The van der Waals surface area contributed by atoms with Gasteiger partial charge in [0.1, 0.15) is 6.07 Å². The van der Waals surface area contributed by atoms with Gasteiger partial charge in [-0.2, -0.15) is 5.26 Å². The first kappa shape index (κ1) is 8.06. The molecule has 2 rings (SSSR count). The molecule has 66 valence electrons. The van der Waals surface area contributed by atoms with E-state index in [2.05, 4.69) is 23.2 Å². The third-order valence-corrected chi connectivity index (χ3v) is 2.35. The molecule has 13 heavy (non-hydrogen) atoms. The van der Waals surface area contributed by atoms with E-state index in [0.29, 0.717) is 11.9 Å². The van der Waals surface area contributed by atoms with Crippen LogP contribution in [0.2, 0.25) is 0 Å². The molecule has 0 saturated heterocycles. The molecule has 1 aliphatic rings. The topological polar surface area (TPSA) is 41.6 Å². The summed E-state index contributed by atoms with van der Waals surface area (Å²) < 4.78 is 1.94. The van der Waals surface area contributed by atoms with Crippen LogP contribution in [-0.4, -0.2) is 9.55 Å². The standard InChI is InChI=1S/C10H11N3/c11-8-10-12-6-7-13(10)9-4-2-1-3-5-9/h2,4,6-7,9H,1,3,5H2. The Morgan fingerprint density at radius 3 is 3.23 bits per heavy atom. The van der Waals surface area contributed by atoms with Crippen LogP contribution in [0.25, 0.3) is 0 Å². The van der Waals surface area contributed by atoms with Crippen molar-refractivity contribution in [3.05, 3.63) is 30.4 Å². The largest absolute Gasteiger partial charge is 0.316 e. The highest BCUT2D eigenvalue weighted by Gasteiger charge is 2.12. The van der Waals surface area contributed by atoms with E-state index in [1.54, 1.807) is 6.20 Å². The Balaban J connectivity index is 2.29. The van der Waals surface area contributed by atoms with Crippen molar-refractivity contribution in [2.45, 2.75) is 25.3 Å². The van der Waals surface area contributed by atoms with Crippen molar-refractivity contribution in [2.24, 2.45) is 0 Å². The average molecular weight is 173 g/mol. The lowest BCUT2D eigenvalue weighted by Crippen LogP contribution is -2.09. The van der Waals surface area contributed by atoms with Crippen LogP contribution in [0.5, 0.6) is 0 Å². The molecule has 1 unspecified atom stereocenters. The SMILES string of the molecule is N#Cc1nccn1C1C=CCCC1. The second-order valence-electron chi connectivity index (χ2n) is 3.20. The molecular weight excluding hydrogens is 162 g/mol.